The van der Waals surface area contributed by atoms with Crippen molar-refractivity contribution >= 4 is 17.1 Å². The second kappa shape index (κ2) is 6.48. The molecule has 7 nitrogen and oxygen atoms in total. The maximum absolute atomic E-state index is 11.2. The fraction of sp³-hybridized carbons (Fsp3) is 0.333. The van der Waals surface area contributed by atoms with Crippen molar-refractivity contribution < 1.29 is 14.1 Å². The molecule has 0 amide bonds. The average molecular weight is 303 g/mol. The number of nitro groups is 1. The van der Waals surface area contributed by atoms with E-state index in [2.05, 4.69) is 10.2 Å². The summed E-state index contributed by atoms with van der Waals surface area (Å²) in [6.07, 6.45) is 1.58. The van der Waals surface area contributed by atoms with E-state index in [0.29, 0.717) is 25.4 Å². The van der Waals surface area contributed by atoms with Crippen molar-refractivity contribution in [1.29, 1.82) is 0 Å². The Kier molecular flexibility index (Phi) is 4.24. The van der Waals surface area contributed by atoms with Crippen LogP contribution in [0.5, 0.6) is 0 Å². The molecule has 1 fully saturated rings. The molecule has 0 atom stereocenters. The zero-order chi connectivity index (χ0) is 15.4. The van der Waals surface area contributed by atoms with Crippen LogP contribution in [0, 0.1) is 10.1 Å². The molecule has 1 N–H and O–H groups in total. The van der Waals surface area contributed by atoms with Gasteiger partial charge in [-0.3, -0.25) is 10.1 Å². The van der Waals surface area contributed by atoms with Gasteiger partial charge in [0.1, 0.15) is 11.4 Å². The number of furan rings is 1. The molecule has 0 unspecified atom stereocenters. The first-order valence-electron chi connectivity index (χ1n) is 7.11. The van der Waals surface area contributed by atoms with Crippen molar-refractivity contribution in [2.75, 3.05) is 36.5 Å². The summed E-state index contributed by atoms with van der Waals surface area (Å²) in [6.45, 7) is 3.32. The molecule has 2 aromatic rings. The summed E-state index contributed by atoms with van der Waals surface area (Å²) in [6, 6.07) is 8.74. The summed E-state index contributed by atoms with van der Waals surface area (Å²) in [7, 11) is 0. The second-order valence-electron chi connectivity index (χ2n) is 4.99. The van der Waals surface area contributed by atoms with Gasteiger partial charge in [0.15, 0.2) is 0 Å². The minimum atomic E-state index is -0.381. The monoisotopic (exact) mass is 303 g/mol. The molecule has 2 heterocycles. The number of nitrogens with one attached hydrogen (secondary N) is 1. The minimum absolute atomic E-state index is 0.0589. The fourth-order valence-corrected chi connectivity index (χ4v) is 2.44. The summed E-state index contributed by atoms with van der Waals surface area (Å²) >= 11 is 0. The van der Waals surface area contributed by atoms with Crippen molar-refractivity contribution in [3.05, 3.63) is 52.5 Å². The number of morpholine rings is 1. The lowest BCUT2D eigenvalue weighted by Crippen LogP contribution is -2.36. The topological polar surface area (TPSA) is 80.8 Å². The number of nitrogens with zero attached hydrogens (tertiary/aromatic N) is 2. The molecule has 1 aromatic heterocycles. The van der Waals surface area contributed by atoms with Crippen LogP contribution in [0.4, 0.5) is 17.1 Å². The van der Waals surface area contributed by atoms with Crippen LogP contribution in [0.15, 0.2) is 41.0 Å². The first-order chi connectivity index (χ1) is 10.7. The summed E-state index contributed by atoms with van der Waals surface area (Å²) in [5.41, 5.74) is 1.50. The Morgan fingerprint density at radius 1 is 1.27 bits per heavy atom. The van der Waals surface area contributed by atoms with Gasteiger partial charge in [-0.15, -0.1) is 0 Å². The van der Waals surface area contributed by atoms with E-state index in [1.54, 1.807) is 18.4 Å². The highest BCUT2D eigenvalue weighted by atomic mass is 16.6. The lowest BCUT2D eigenvalue weighted by atomic mass is 10.2. The fourth-order valence-electron chi connectivity index (χ4n) is 2.44. The molecule has 0 aliphatic carbocycles. The van der Waals surface area contributed by atoms with Crippen LogP contribution in [0.1, 0.15) is 5.76 Å². The Hall–Kier alpha value is -2.54. The maximum atomic E-state index is 11.2. The van der Waals surface area contributed by atoms with Gasteiger partial charge < -0.3 is 19.4 Å². The molecule has 1 aliphatic rings. The van der Waals surface area contributed by atoms with Crippen molar-refractivity contribution in [2.45, 2.75) is 6.54 Å². The minimum Gasteiger partial charge on any atom is -0.467 e. The summed E-state index contributed by atoms with van der Waals surface area (Å²) in [5.74, 6) is 0.728. The Morgan fingerprint density at radius 2 is 2.09 bits per heavy atom. The number of rotatable bonds is 5. The van der Waals surface area contributed by atoms with Gasteiger partial charge in [-0.05, 0) is 24.3 Å². The molecule has 0 radical (unpaired) electrons. The highest BCUT2D eigenvalue weighted by Gasteiger charge is 2.18. The van der Waals surface area contributed by atoms with Crippen LogP contribution >= 0.6 is 0 Å². The van der Waals surface area contributed by atoms with Crippen molar-refractivity contribution in [1.82, 2.24) is 0 Å². The molecular formula is C15H17N3O4. The van der Waals surface area contributed by atoms with Gasteiger partial charge in [-0.2, -0.15) is 0 Å². The number of ether oxygens (including phenoxy) is 1. The molecule has 1 aliphatic heterocycles. The van der Waals surface area contributed by atoms with E-state index in [0.717, 1.165) is 24.5 Å². The Balaban J connectivity index is 1.81. The molecule has 116 valence electrons. The number of nitro benzene ring substituents is 1. The molecule has 1 aromatic carbocycles. The van der Waals surface area contributed by atoms with E-state index in [-0.39, 0.29) is 10.6 Å². The van der Waals surface area contributed by atoms with E-state index in [1.165, 1.54) is 6.07 Å². The van der Waals surface area contributed by atoms with Gasteiger partial charge >= 0.3 is 0 Å². The molecule has 7 heteroatoms. The van der Waals surface area contributed by atoms with Crippen LogP contribution in [0.3, 0.4) is 0 Å². The molecule has 0 saturated carbocycles. The predicted octanol–water partition coefficient (Wildman–Crippen LogP) is 2.64. The summed E-state index contributed by atoms with van der Waals surface area (Å²) in [5, 5.41) is 14.3. The van der Waals surface area contributed by atoms with Gasteiger partial charge in [-0.25, -0.2) is 0 Å². The molecule has 0 bridgehead atoms. The first-order valence-corrected chi connectivity index (χ1v) is 7.11. The first kappa shape index (κ1) is 14.4. The van der Waals surface area contributed by atoms with Crippen molar-refractivity contribution in [2.24, 2.45) is 0 Å². The third kappa shape index (κ3) is 3.20. The number of hydrogen-bond donors (Lipinski definition) is 1. The number of hydrogen-bond acceptors (Lipinski definition) is 6. The molecule has 22 heavy (non-hydrogen) atoms. The Morgan fingerprint density at radius 3 is 2.77 bits per heavy atom. The summed E-state index contributed by atoms with van der Waals surface area (Å²) in [4.78, 5) is 13.0. The molecule has 1 saturated heterocycles. The van der Waals surface area contributed by atoms with E-state index in [1.807, 2.05) is 12.1 Å². The average Bonchev–Trinajstić information content (AvgIpc) is 3.07. The largest absolute Gasteiger partial charge is 0.467 e. The van der Waals surface area contributed by atoms with Gasteiger partial charge in [0.25, 0.3) is 5.69 Å². The van der Waals surface area contributed by atoms with Crippen molar-refractivity contribution in [3.8, 4) is 0 Å². The second-order valence-corrected chi connectivity index (χ2v) is 4.99. The summed E-state index contributed by atoms with van der Waals surface area (Å²) < 4.78 is 10.6. The SMILES string of the molecule is O=[N+]([O-])c1ccc(N2CCOCC2)cc1NCc1ccco1. The Bertz CT molecular complexity index is 636. The maximum Gasteiger partial charge on any atom is 0.292 e. The standard InChI is InChI=1S/C15H17N3O4/c19-18(20)15-4-3-12(17-5-8-21-9-6-17)10-14(15)16-11-13-2-1-7-22-13/h1-4,7,10,16H,5-6,8-9,11H2. The molecule has 3 rings (SSSR count). The number of benzene rings is 1. The van der Waals surface area contributed by atoms with Gasteiger partial charge in [0.05, 0.1) is 30.9 Å². The van der Waals surface area contributed by atoms with Crippen LogP contribution in [0.2, 0.25) is 0 Å². The highest BCUT2D eigenvalue weighted by Crippen LogP contribution is 2.30. The third-order valence-corrected chi connectivity index (χ3v) is 3.59. The van der Waals surface area contributed by atoms with Gasteiger partial charge in [0.2, 0.25) is 0 Å². The van der Waals surface area contributed by atoms with E-state index in [9.17, 15) is 10.1 Å². The molecular weight excluding hydrogens is 286 g/mol. The third-order valence-electron chi connectivity index (χ3n) is 3.59. The van der Waals surface area contributed by atoms with Crippen LogP contribution in [-0.4, -0.2) is 31.2 Å². The van der Waals surface area contributed by atoms with Gasteiger partial charge in [-0.1, -0.05) is 0 Å². The zero-order valence-corrected chi connectivity index (χ0v) is 12.0. The van der Waals surface area contributed by atoms with E-state index >= 15 is 0 Å². The smallest absolute Gasteiger partial charge is 0.292 e. The number of anilines is 2. The predicted molar refractivity (Wildman–Crippen MR) is 82.2 cm³/mol. The van der Waals surface area contributed by atoms with E-state index in [4.69, 9.17) is 9.15 Å². The highest BCUT2D eigenvalue weighted by molar-refractivity contribution is 5.69. The molecule has 0 spiro atoms. The van der Waals surface area contributed by atoms with Crippen LogP contribution in [0.25, 0.3) is 0 Å². The lowest BCUT2D eigenvalue weighted by Gasteiger charge is -2.29. The normalized spacial score (nSPS) is 14.8. The Labute approximate surface area is 127 Å². The van der Waals surface area contributed by atoms with Crippen LogP contribution in [-0.2, 0) is 11.3 Å². The van der Waals surface area contributed by atoms with E-state index < -0.39 is 0 Å². The van der Waals surface area contributed by atoms with Crippen LogP contribution < -0.4 is 10.2 Å². The lowest BCUT2D eigenvalue weighted by molar-refractivity contribution is -0.384. The zero-order valence-electron chi connectivity index (χ0n) is 12.0. The van der Waals surface area contributed by atoms with Gasteiger partial charge in [0, 0.05) is 24.8 Å². The quantitative estimate of drug-likeness (QED) is 0.675. The van der Waals surface area contributed by atoms with Crippen molar-refractivity contribution in [3.63, 3.8) is 0 Å².